The van der Waals surface area contributed by atoms with Crippen molar-refractivity contribution in [2.75, 3.05) is 13.1 Å². The van der Waals surface area contributed by atoms with Crippen LogP contribution in [-0.4, -0.2) is 33.9 Å². The first-order valence-corrected chi connectivity index (χ1v) is 6.88. The lowest BCUT2D eigenvalue weighted by Gasteiger charge is -2.16. The first-order valence-electron chi connectivity index (χ1n) is 6.88. The highest BCUT2D eigenvalue weighted by Gasteiger charge is 2.28. The number of carbonyl (C=O) groups excluding carboxylic acids is 1. The summed E-state index contributed by atoms with van der Waals surface area (Å²) in [5, 5.41) is 0. The minimum absolute atomic E-state index is 0.00827. The van der Waals surface area contributed by atoms with E-state index < -0.39 is 0 Å². The molecule has 1 aliphatic rings. The van der Waals surface area contributed by atoms with Gasteiger partial charge in [-0.25, -0.2) is 9.97 Å². The normalized spacial score (nSPS) is 18.2. The highest BCUT2D eigenvalue weighted by molar-refractivity contribution is 5.92. The Morgan fingerprint density at radius 1 is 1.25 bits per heavy atom. The minimum Gasteiger partial charge on any atom is -0.337 e. The summed E-state index contributed by atoms with van der Waals surface area (Å²) in [6.07, 6.45) is 2.65. The van der Waals surface area contributed by atoms with Crippen molar-refractivity contribution >= 4 is 5.91 Å². The van der Waals surface area contributed by atoms with E-state index in [0.29, 0.717) is 17.4 Å². The van der Waals surface area contributed by atoms with Gasteiger partial charge in [0, 0.05) is 25.2 Å². The van der Waals surface area contributed by atoms with E-state index in [0.717, 1.165) is 19.5 Å². The van der Waals surface area contributed by atoms with Gasteiger partial charge in [0.15, 0.2) is 0 Å². The number of aryl methyl sites for hydroxylation is 1. The molecule has 1 amide bonds. The Bertz CT molecular complexity index is 612. The molecule has 4 nitrogen and oxygen atoms in total. The van der Waals surface area contributed by atoms with E-state index in [1.54, 1.807) is 19.2 Å². The van der Waals surface area contributed by atoms with Crippen molar-refractivity contribution in [3.05, 3.63) is 59.7 Å². The maximum absolute atomic E-state index is 12.4. The molecule has 0 saturated carbocycles. The Morgan fingerprint density at radius 3 is 2.80 bits per heavy atom. The van der Waals surface area contributed by atoms with Crippen molar-refractivity contribution in [1.82, 2.24) is 14.9 Å². The van der Waals surface area contributed by atoms with Crippen LogP contribution in [0.2, 0.25) is 0 Å². The lowest BCUT2D eigenvalue weighted by molar-refractivity contribution is 0.0784. The van der Waals surface area contributed by atoms with Gasteiger partial charge in [-0.15, -0.1) is 0 Å². The van der Waals surface area contributed by atoms with Crippen molar-refractivity contribution in [2.45, 2.75) is 19.3 Å². The van der Waals surface area contributed by atoms with Crippen LogP contribution in [0.1, 0.15) is 34.2 Å². The first-order chi connectivity index (χ1) is 9.74. The Labute approximate surface area is 118 Å². The number of hydrogen-bond donors (Lipinski definition) is 0. The monoisotopic (exact) mass is 267 g/mol. The van der Waals surface area contributed by atoms with Gasteiger partial charge >= 0.3 is 0 Å². The largest absolute Gasteiger partial charge is 0.337 e. The van der Waals surface area contributed by atoms with E-state index in [4.69, 9.17) is 0 Å². The number of nitrogens with zero attached hydrogens (tertiary/aromatic N) is 3. The average molecular weight is 267 g/mol. The molecule has 1 unspecified atom stereocenters. The lowest BCUT2D eigenvalue weighted by atomic mass is 9.99. The molecule has 4 heteroatoms. The predicted octanol–water partition coefficient (Wildman–Crippen LogP) is 2.41. The van der Waals surface area contributed by atoms with Crippen molar-refractivity contribution in [2.24, 2.45) is 0 Å². The fourth-order valence-corrected chi connectivity index (χ4v) is 2.68. The van der Waals surface area contributed by atoms with Crippen LogP contribution in [0.5, 0.6) is 0 Å². The number of rotatable bonds is 2. The van der Waals surface area contributed by atoms with Crippen LogP contribution in [0.4, 0.5) is 0 Å². The molecule has 1 aromatic heterocycles. The fourth-order valence-electron chi connectivity index (χ4n) is 2.68. The van der Waals surface area contributed by atoms with Gasteiger partial charge in [-0.05, 0) is 25.0 Å². The lowest BCUT2D eigenvalue weighted by Crippen LogP contribution is -2.29. The predicted molar refractivity (Wildman–Crippen MR) is 76.5 cm³/mol. The van der Waals surface area contributed by atoms with Crippen LogP contribution >= 0.6 is 0 Å². The van der Waals surface area contributed by atoms with Gasteiger partial charge in [-0.1, -0.05) is 30.3 Å². The molecule has 0 N–H and O–H groups in total. The van der Waals surface area contributed by atoms with E-state index >= 15 is 0 Å². The Hall–Kier alpha value is -2.23. The molecule has 0 spiro atoms. The molecule has 1 saturated heterocycles. The summed E-state index contributed by atoms with van der Waals surface area (Å²) in [6, 6.07) is 12.1. The summed E-state index contributed by atoms with van der Waals surface area (Å²) in [7, 11) is 0. The van der Waals surface area contributed by atoms with Gasteiger partial charge in [0.1, 0.15) is 11.5 Å². The standard InChI is InChI=1S/C16H17N3O/c1-12-17-9-7-15(18-12)16(20)19-10-8-14(11-19)13-5-3-2-4-6-13/h2-7,9,14H,8,10-11H2,1H3. The van der Waals surface area contributed by atoms with Crippen LogP contribution in [-0.2, 0) is 0 Å². The second-order valence-electron chi connectivity index (χ2n) is 5.14. The molecule has 1 aromatic carbocycles. The molecule has 0 radical (unpaired) electrons. The molecule has 1 aliphatic heterocycles. The SMILES string of the molecule is Cc1nccc(C(=O)N2CCC(c3ccccc3)C2)n1. The third-order valence-corrected chi connectivity index (χ3v) is 3.74. The number of hydrogen-bond acceptors (Lipinski definition) is 3. The maximum Gasteiger partial charge on any atom is 0.272 e. The minimum atomic E-state index is 0.00827. The number of aromatic nitrogens is 2. The molecule has 20 heavy (non-hydrogen) atoms. The number of carbonyl (C=O) groups is 1. The molecular weight excluding hydrogens is 250 g/mol. The highest BCUT2D eigenvalue weighted by atomic mass is 16.2. The first kappa shape index (κ1) is 12.8. The summed E-state index contributed by atoms with van der Waals surface area (Å²) < 4.78 is 0. The van der Waals surface area contributed by atoms with Crippen LogP contribution in [0.25, 0.3) is 0 Å². The number of benzene rings is 1. The van der Waals surface area contributed by atoms with Gasteiger partial charge in [0.25, 0.3) is 5.91 Å². The molecule has 1 atom stereocenters. The van der Waals surface area contributed by atoms with Crippen molar-refractivity contribution in [1.29, 1.82) is 0 Å². The molecule has 1 fully saturated rings. The molecule has 0 bridgehead atoms. The second kappa shape index (κ2) is 5.41. The van der Waals surface area contributed by atoms with Crippen molar-refractivity contribution in [3.8, 4) is 0 Å². The third kappa shape index (κ3) is 2.54. The smallest absolute Gasteiger partial charge is 0.272 e. The van der Waals surface area contributed by atoms with Gasteiger partial charge in [-0.2, -0.15) is 0 Å². The summed E-state index contributed by atoms with van der Waals surface area (Å²) in [5.41, 5.74) is 1.80. The van der Waals surface area contributed by atoms with Crippen LogP contribution in [0.3, 0.4) is 0 Å². The summed E-state index contributed by atoms with van der Waals surface area (Å²) >= 11 is 0. The molecule has 2 heterocycles. The second-order valence-corrected chi connectivity index (χ2v) is 5.14. The van der Waals surface area contributed by atoms with Crippen molar-refractivity contribution in [3.63, 3.8) is 0 Å². The van der Waals surface area contributed by atoms with E-state index in [9.17, 15) is 4.79 Å². The molecule has 0 aliphatic carbocycles. The number of amides is 1. The molecular formula is C16H17N3O. The van der Waals surface area contributed by atoms with E-state index in [-0.39, 0.29) is 5.91 Å². The zero-order chi connectivity index (χ0) is 13.9. The van der Waals surface area contributed by atoms with Crippen molar-refractivity contribution < 1.29 is 4.79 Å². The molecule has 2 aromatic rings. The summed E-state index contributed by atoms with van der Waals surface area (Å²) in [4.78, 5) is 22.5. The quantitative estimate of drug-likeness (QED) is 0.839. The van der Waals surface area contributed by atoms with Gasteiger partial charge in [-0.3, -0.25) is 4.79 Å². The summed E-state index contributed by atoms with van der Waals surface area (Å²) in [6.45, 7) is 3.36. The zero-order valence-electron chi connectivity index (χ0n) is 11.5. The highest BCUT2D eigenvalue weighted by Crippen LogP contribution is 2.27. The zero-order valence-corrected chi connectivity index (χ0v) is 11.5. The topological polar surface area (TPSA) is 46.1 Å². The fraction of sp³-hybridized carbons (Fsp3) is 0.312. The Balaban J connectivity index is 1.73. The van der Waals surface area contributed by atoms with Gasteiger partial charge in [0.2, 0.25) is 0 Å². The van der Waals surface area contributed by atoms with Gasteiger partial charge < -0.3 is 4.90 Å². The average Bonchev–Trinajstić information content (AvgIpc) is 2.97. The van der Waals surface area contributed by atoms with E-state index in [2.05, 4.69) is 22.1 Å². The van der Waals surface area contributed by atoms with Crippen LogP contribution in [0, 0.1) is 6.92 Å². The van der Waals surface area contributed by atoms with Crippen LogP contribution < -0.4 is 0 Å². The van der Waals surface area contributed by atoms with E-state index in [1.807, 2.05) is 23.1 Å². The van der Waals surface area contributed by atoms with E-state index in [1.165, 1.54) is 5.56 Å². The summed E-state index contributed by atoms with van der Waals surface area (Å²) in [5.74, 6) is 1.08. The Kier molecular flexibility index (Phi) is 3.46. The molecule has 3 rings (SSSR count). The Morgan fingerprint density at radius 2 is 2.05 bits per heavy atom. The van der Waals surface area contributed by atoms with Gasteiger partial charge in [0.05, 0.1) is 0 Å². The molecule has 102 valence electrons. The van der Waals surface area contributed by atoms with Crippen LogP contribution in [0.15, 0.2) is 42.6 Å². The maximum atomic E-state index is 12.4. The number of likely N-dealkylation sites (tertiary alicyclic amines) is 1. The third-order valence-electron chi connectivity index (χ3n) is 3.74.